The zero-order valence-corrected chi connectivity index (χ0v) is 10.9. The number of hydrogen-bond donors (Lipinski definition) is 2. The SMILES string of the molecule is COc1cccc2c1C(CNC(C)C)NCC2. The second-order valence-corrected chi connectivity index (χ2v) is 4.85. The number of methoxy groups -OCH3 is 1. The zero-order chi connectivity index (χ0) is 12.3. The van der Waals surface area contributed by atoms with Crippen LogP contribution in [0.5, 0.6) is 5.75 Å². The zero-order valence-electron chi connectivity index (χ0n) is 10.9. The Kier molecular flexibility index (Phi) is 4.02. The summed E-state index contributed by atoms with van der Waals surface area (Å²) < 4.78 is 5.48. The third-order valence-electron chi connectivity index (χ3n) is 3.24. The molecule has 3 heteroatoms. The van der Waals surface area contributed by atoms with Crippen LogP contribution >= 0.6 is 0 Å². The number of ether oxygens (including phenoxy) is 1. The van der Waals surface area contributed by atoms with Crippen molar-refractivity contribution < 1.29 is 4.74 Å². The van der Waals surface area contributed by atoms with E-state index in [0.717, 1.165) is 25.3 Å². The van der Waals surface area contributed by atoms with Crippen molar-refractivity contribution in [2.75, 3.05) is 20.2 Å². The summed E-state index contributed by atoms with van der Waals surface area (Å²) in [5, 5.41) is 7.05. The van der Waals surface area contributed by atoms with Crippen LogP contribution in [-0.4, -0.2) is 26.2 Å². The third-order valence-corrected chi connectivity index (χ3v) is 3.24. The topological polar surface area (TPSA) is 33.3 Å². The monoisotopic (exact) mass is 234 g/mol. The lowest BCUT2D eigenvalue weighted by Crippen LogP contribution is -2.39. The molecule has 94 valence electrons. The van der Waals surface area contributed by atoms with E-state index in [4.69, 9.17) is 4.74 Å². The number of fused-ring (bicyclic) bond motifs is 1. The number of rotatable bonds is 4. The van der Waals surface area contributed by atoms with Gasteiger partial charge in [-0.25, -0.2) is 0 Å². The van der Waals surface area contributed by atoms with Gasteiger partial charge in [0, 0.05) is 24.2 Å². The Morgan fingerprint density at radius 1 is 1.47 bits per heavy atom. The second-order valence-electron chi connectivity index (χ2n) is 4.85. The molecule has 3 nitrogen and oxygen atoms in total. The summed E-state index contributed by atoms with van der Waals surface area (Å²) in [7, 11) is 1.75. The van der Waals surface area contributed by atoms with Crippen LogP contribution in [-0.2, 0) is 6.42 Å². The van der Waals surface area contributed by atoms with Gasteiger partial charge in [0.1, 0.15) is 5.75 Å². The Morgan fingerprint density at radius 2 is 2.29 bits per heavy atom. The first kappa shape index (κ1) is 12.4. The van der Waals surface area contributed by atoms with Gasteiger partial charge in [-0.1, -0.05) is 26.0 Å². The van der Waals surface area contributed by atoms with Crippen molar-refractivity contribution in [2.24, 2.45) is 0 Å². The molecular formula is C14H22N2O. The predicted molar refractivity (Wildman–Crippen MR) is 70.6 cm³/mol. The van der Waals surface area contributed by atoms with Gasteiger partial charge in [-0.3, -0.25) is 0 Å². The van der Waals surface area contributed by atoms with Crippen LogP contribution in [0.25, 0.3) is 0 Å². The average molecular weight is 234 g/mol. The normalized spacial score (nSPS) is 19.2. The summed E-state index contributed by atoms with van der Waals surface area (Å²) in [5.41, 5.74) is 2.74. The molecule has 1 aliphatic heterocycles. The van der Waals surface area contributed by atoms with E-state index in [1.165, 1.54) is 11.1 Å². The van der Waals surface area contributed by atoms with Crippen molar-refractivity contribution in [3.8, 4) is 5.75 Å². The second kappa shape index (κ2) is 5.52. The van der Waals surface area contributed by atoms with E-state index in [2.05, 4.69) is 36.6 Å². The van der Waals surface area contributed by atoms with E-state index in [0.29, 0.717) is 12.1 Å². The van der Waals surface area contributed by atoms with Gasteiger partial charge in [0.25, 0.3) is 0 Å². The van der Waals surface area contributed by atoms with E-state index in [1.54, 1.807) is 7.11 Å². The molecule has 0 amide bonds. The molecule has 0 aliphatic carbocycles. The molecule has 0 spiro atoms. The largest absolute Gasteiger partial charge is 0.496 e. The molecule has 0 saturated carbocycles. The van der Waals surface area contributed by atoms with Gasteiger partial charge in [-0.2, -0.15) is 0 Å². The van der Waals surface area contributed by atoms with Crippen LogP contribution in [0.4, 0.5) is 0 Å². The Bertz CT molecular complexity index is 362. The highest BCUT2D eigenvalue weighted by Gasteiger charge is 2.23. The van der Waals surface area contributed by atoms with E-state index in [9.17, 15) is 0 Å². The first-order valence-corrected chi connectivity index (χ1v) is 6.35. The summed E-state index contributed by atoms with van der Waals surface area (Å²) in [4.78, 5) is 0. The Morgan fingerprint density at radius 3 is 3.00 bits per heavy atom. The maximum absolute atomic E-state index is 5.48. The van der Waals surface area contributed by atoms with Gasteiger partial charge in [0.05, 0.1) is 7.11 Å². The molecule has 0 saturated heterocycles. The Balaban J connectivity index is 2.22. The van der Waals surface area contributed by atoms with Crippen LogP contribution in [0.15, 0.2) is 18.2 Å². The summed E-state index contributed by atoms with van der Waals surface area (Å²) in [6.07, 6.45) is 1.09. The summed E-state index contributed by atoms with van der Waals surface area (Å²) in [6.45, 7) is 6.34. The minimum absolute atomic E-state index is 0.359. The van der Waals surface area contributed by atoms with Crippen molar-refractivity contribution in [2.45, 2.75) is 32.4 Å². The first-order chi connectivity index (χ1) is 8.22. The molecule has 1 aliphatic rings. The molecule has 2 rings (SSSR count). The van der Waals surface area contributed by atoms with E-state index >= 15 is 0 Å². The minimum Gasteiger partial charge on any atom is -0.496 e. The summed E-state index contributed by atoms with van der Waals surface area (Å²) in [6, 6.07) is 7.21. The molecule has 0 aromatic heterocycles. The molecule has 1 aromatic carbocycles. The van der Waals surface area contributed by atoms with Crippen LogP contribution in [0.1, 0.15) is 31.0 Å². The molecule has 0 bridgehead atoms. The predicted octanol–water partition coefficient (Wildman–Crippen LogP) is 1.88. The lowest BCUT2D eigenvalue weighted by atomic mass is 9.93. The number of hydrogen-bond acceptors (Lipinski definition) is 3. The molecule has 1 aromatic rings. The van der Waals surface area contributed by atoms with E-state index in [-0.39, 0.29) is 0 Å². The van der Waals surface area contributed by atoms with Gasteiger partial charge in [-0.15, -0.1) is 0 Å². The van der Waals surface area contributed by atoms with Crippen LogP contribution in [0.3, 0.4) is 0 Å². The Hall–Kier alpha value is -1.06. The van der Waals surface area contributed by atoms with Crippen molar-refractivity contribution >= 4 is 0 Å². The summed E-state index contributed by atoms with van der Waals surface area (Å²) in [5.74, 6) is 1.00. The smallest absolute Gasteiger partial charge is 0.123 e. The third kappa shape index (κ3) is 2.79. The quantitative estimate of drug-likeness (QED) is 0.834. The highest BCUT2D eigenvalue weighted by molar-refractivity contribution is 5.44. The van der Waals surface area contributed by atoms with Gasteiger partial charge in [0.15, 0.2) is 0 Å². The lowest BCUT2D eigenvalue weighted by molar-refractivity contribution is 0.383. The van der Waals surface area contributed by atoms with Crippen LogP contribution in [0.2, 0.25) is 0 Å². The molecular weight excluding hydrogens is 212 g/mol. The van der Waals surface area contributed by atoms with Gasteiger partial charge in [-0.05, 0) is 24.6 Å². The maximum atomic E-state index is 5.48. The molecule has 0 radical (unpaired) electrons. The van der Waals surface area contributed by atoms with E-state index < -0.39 is 0 Å². The van der Waals surface area contributed by atoms with Gasteiger partial charge >= 0.3 is 0 Å². The molecule has 1 heterocycles. The summed E-state index contributed by atoms with van der Waals surface area (Å²) >= 11 is 0. The van der Waals surface area contributed by atoms with Crippen molar-refractivity contribution in [1.82, 2.24) is 10.6 Å². The molecule has 2 N–H and O–H groups in total. The standard InChI is InChI=1S/C14H22N2O/c1-10(2)16-9-12-14-11(7-8-15-12)5-4-6-13(14)17-3/h4-6,10,12,15-16H,7-9H2,1-3H3. The Labute approximate surface area is 104 Å². The fourth-order valence-electron chi connectivity index (χ4n) is 2.39. The highest BCUT2D eigenvalue weighted by atomic mass is 16.5. The van der Waals surface area contributed by atoms with Crippen molar-refractivity contribution in [1.29, 1.82) is 0 Å². The molecule has 1 atom stereocenters. The van der Waals surface area contributed by atoms with Crippen LogP contribution in [0, 0.1) is 0 Å². The number of benzene rings is 1. The van der Waals surface area contributed by atoms with Crippen LogP contribution < -0.4 is 15.4 Å². The minimum atomic E-state index is 0.359. The first-order valence-electron chi connectivity index (χ1n) is 6.35. The van der Waals surface area contributed by atoms with Gasteiger partial charge in [0.2, 0.25) is 0 Å². The molecule has 0 fully saturated rings. The van der Waals surface area contributed by atoms with E-state index in [1.807, 2.05) is 6.07 Å². The lowest BCUT2D eigenvalue weighted by Gasteiger charge is -2.29. The van der Waals surface area contributed by atoms with Gasteiger partial charge < -0.3 is 15.4 Å². The molecule has 1 unspecified atom stereocenters. The van der Waals surface area contributed by atoms with Crippen molar-refractivity contribution in [3.63, 3.8) is 0 Å². The fourth-order valence-corrected chi connectivity index (χ4v) is 2.39. The average Bonchev–Trinajstić information content (AvgIpc) is 2.35. The fraction of sp³-hybridized carbons (Fsp3) is 0.571. The van der Waals surface area contributed by atoms with Crippen molar-refractivity contribution in [3.05, 3.63) is 29.3 Å². The molecule has 17 heavy (non-hydrogen) atoms. The maximum Gasteiger partial charge on any atom is 0.123 e. The number of nitrogens with one attached hydrogen (secondary N) is 2. The highest BCUT2D eigenvalue weighted by Crippen LogP contribution is 2.31.